The molecule has 2 atom stereocenters. The largest absolute Gasteiger partial charge is 0.298 e. The summed E-state index contributed by atoms with van der Waals surface area (Å²) in [6.45, 7) is 8.03. The summed E-state index contributed by atoms with van der Waals surface area (Å²) >= 11 is 0. The number of hydrogen-bond donors (Lipinski definition) is 0. The molecule has 0 unspecified atom stereocenters. The van der Waals surface area contributed by atoms with Gasteiger partial charge in [-0.25, -0.2) is 0 Å². The van der Waals surface area contributed by atoms with E-state index >= 15 is 0 Å². The summed E-state index contributed by atoms with van der Waals surface area (Å²) in [7, 11) is 0. The lowest BCUT2D eigenvalue weighted by molar-refractivity contribution is 0.143. The van der Waals surface area contributed by atoms with Crippen LogP contribution in [0.25, 0.3) is 0 Å². The Bertz CT molecular complexity index is 960. The van der Waals surface area contributed by atoms with Crippen LogP contribution in [-0.4, -0.2) is 42.0 Å². The molecule has 0 spiro atoms. The lowest BCUT2D eigenvalue weighted by atomic mass is 9.86. The van der Waals surface area contributed by atoms with E-state index < -0.39 is 0 Å². The minimum Gasteiger partial charge on any atom is -0.298 e. The van der Waals surface area contributed by atoms with Crippen molar-refractivity contribution in [3.63, 3.8) is 0 Å². The molecule has 2 aliphatic rings. The smallest absolute Gasteiger partial charge is 0.0304 e. The van der Waals surface area contributed by atoms with E-state index in [4.69, 9.17) is 0 Å². The van der Waals surface area contributed by atoms with E-state index in [2.05, 4.69) is 102 Å². The minimum absolute atomic E-state index is 0.594. The van der Waals surface area contributed by atoms with Crippen molar-refractivity contribution in [2.45, 2.75) is 44.2 Å². The standard InChI is InChI=1S/C29H34N2/c1-23-9-8-14-27(19-23)28-21-30(20-24-10-4-2-5-11-24)22-29(28)31-17-15-26(16-18-31)25-12-6-3-7-13-25/h2-14,19,26,28-29H,15-18,20-22H2,1H3/t28-,29+/m1/s1. The molecule has 0 bridgehead atoms. The molecule has 2 aliphatic heterocycles. The van der Waals surface area contributed by atoms with Gasteiger partial charge in [0.05, 0.1) is 0 Å². The normalized spacial score (nSPS) is 23.3. The van der Waals surface area contributed by atoms with Crippen LogP contribution in [0.1, 0.15) is 46.9 Å². The zero-order valence-corrected chi connectivity index (χ0v) is 18.7. The Balaban J connectivity index is 1.32. The van der Waals surface area contributed by atoms with Gasteiger partial charge in [-0.3, -0.25) is 9.80 Å². The van der Waals surface area contributed by atoms with Crippen LogP contribution in [0.15, 0.2) is 84.9 Å². The van der Waals surface area contributed by atoms with Crippen molar-refractivity contribution < 1.29 is 0 Å². The molecule has 0 N–H and O–H groups in total. The number of rotatable bonds is 5. The van der Waals surface area contributed by atoms with Crippen molar-refractivity contribution in [3.05, 3.63) is 107 Å². The lowest BCUT2D eigenvalue weighted by Gasteiger charge is -2.38. The third-order valence-corrected chi connectivity index (χ3v) is 7.35. The van der Waals surface area contributed by atoms with Gasteiger partial charge in [0.25, 0.3) is 0 Å². The first kappa shape index (κ1) is 20.5. The van der Waals surface area contributed by atoms with Crippen molar-refractivity contribution in [1.82, 2.24) is 9.80 Å². The van der Waals surface area contributed by atoms with Gasteiger partial charge in [0, 0.05) is 31.6 Å². The van der Waals surface area contributed by atoms with Crippen LogP contribution in [0.5, 0.6) is 0 Å². The summed E-state index contributed by atoms with van der Waals surface area (Å²) in [5.41, 5.74) is 5.84. The molecule has 2 nitrogen and oxygen atoms in total. The quantitative estimate of drug-likeness (QED) is 0.521. The van der Waals surface area contributed by atoms with E-state index in [-0.39, 0.29) is 0 Å². The van der Waals surface area contributed by atoms with Gasteiger partial charge in [-0.15, -0.1) is 0 Å². The summed E-state index contributed by atoms with van der Waals surface area (Å²) in [4.78, 5) is 5.48. The fourth-order valence-corrected chi connectivity index (χ4v) is 5.72. The van der Waals surface area contributed by atoms with Crippen LogP contribution in [0.3, 0.4) is 0 Å². The molecule has 31 heavy (non-hydrogen) atoms. The SMILES string of the molecule is Cc1cccc([C@H]2CN(Cc3ccccc3)C[C@@H]2N2CCC(c3ccccc3)CC2)c1. The molecule has 0 aromatic heterocycles. The third kappa shape index (κ3) is 4.76. The highest BCUT2D eigenvalue weighted by Crippen LogP contribution is 2.36. The lowest BCUT2D eigenvalue weighted by Crippen LogP contribution is -2.44. The van der Waals surface area contributed by atoms with Gasteiger partial charge in [0.1, 0.15) is 0 Å². The molecular weight excluding hydrogens is 376 g/mol. The van der Waals surface area contributed by atoms with Crippen LogP contribution >= 0.6 is 0 Å². The summed E-state index contributed by atoms with van der Waals surface area (Å²) in [6, 6.07) is 31.9. The molecule has 0 radical (unpaired) electrons. The Labute approximate surface area is 187 Å². The van der Waals surface area contributed by atoms with Gasteiger partial charge in [-0.1, -0.05) is 90.5 Å². The van der Waals surface area contributed by atoms with Gasteiger partial charge in [-0.2, -0.15) is 0 Å². The Morgan fingerprint density at radius 2 is 1.42 bits per heavy atom. The van der Waals surface area contributed by atoms with Crippen LogP contribution in [0.4, 0.5) is 0 Å². The number of piperidine rings is 1. The Hall–Kier alpha value is -2.42. The fraction of sp³-hybridized carbons (Fsp3) is 0.379. The molecule has 0 saturated carbocycles. The first-order valence-electron chi connectivity index (χ1n) is 11.9. The van der Waals surface area contributed by atoms with E-state index in [1.165, 1.54) is 54.7 Å². The molecule has 3 aromatic rings. The first-order chi connectivity index (χ1) is 15.3. The van der Waals surface area contributed by atoms with E-state index in [1.54, 1.807) is 0 Å². The molecule has 2 heterocycles. The van der Waals surface area contributed by atoms with Crippen molar-refractivity contribution in [1.29, 1.82) is 0 Å². The maximum atomic E-state index is 2.80. The first-order valence-corrected chi connectivity index (χ1v) is 11.9. The van der Waals surface area contributed by atoms with Crippen LogP contribution in [0, 0.1) is 6.92 Å². The number of likely N-dealkylation sites (tertiary alicyclic amines) is 2. The topological polar surface area (TPSA) is 6.48 Å². The van der Waals surface area contributed by atoms with E-state index in [0.717, 1.165) is 19.0 Å². The maximum Gasteiger partial charge on any atom is 0.0304 e. The highest BCUT2D eigenvalue weighted by Gasteiger charge is 2.38. The molecule has 3 aromatic carbocycles. The molecule has 2 heteroatoms. The summed E-state index contributed by atoms with van der Waals surface area (Å²) in [5.74, 6) is 1.31. The Morgan fingerprint density at radius 3 is 2.13 bits per heavy atom. The molecule has 5 rings (SSSR count). The van der Waals surface area contributed by atoms with Crippen molar-refractivity contribution >= 4 is 0 Å². The predicted octanol–water partition coefficient (Wildman–Crippen LogP) is 5.84. The summed E-state index contributed by atoms with van der Waals surface area (Å²) in [6.07, 6.45) is 2.56. The van der Waals surface area contributed by atoms with Crippen molar-refractivity contribution in [2.24, 2.45) is 0 Å². The predicted molar refractivity (Wildman–Crippen MR) is 129 cm³/mol. The Morgan fingerprint density at radius 1 is 0.742 bits per heavy atom. The van der Waals surface area contributed by atoms with E-state index in [9.17, 15) is 0 Å². The second kappa shape index (κ2) is 9.38. The summed E-state index contributed by atoms with van der Waals surface area (Å²) < 4.78 is 0. The molecule has 0 aliphatic carbocycles. The minimum atomic E-state index is 0.594. The number of benzene rings is 3. The van der Waals surface area contributed by atoms with E-state index in [1.807, 2.05) is 0 Å². The monoisotopic (exact) mass is 410 g/mol. The van der Waals surface area contributed by atoms with Gasteiger partial charge in [0.15, 0.2) is 0 Å². The number of nitrogens with zero attached hydrogens (tertiary/aromatic N) is 2. The van der Waals surface area contributed by atoms with Crippen LogP contribution in [-0.2, 0) is 6.54 Å². The van der Waals surface area contributed by atoms with Crippen LogP contribution < -0.4 is 0 Å². The highest BCUT2D eigenvalue weighted by molar-refractivity contribution is 5.29. The van der Waals surface area contributed by atoms with Crippen LogP contribution in [0.2, 0.25) is 0 Å². The third-order valence-electron chi connectivity index (χ3n) is 7.35. The van der Waals surface area contributed by atoms with Gasteiger partial charge >= 0.3 is 0 Å². The molecular formula is C29H34N2. The zero-order valence-electron chi connectivity index (χ0n) is 18.7. The van der Waals surface area contributed by atoms with Gasteiger partial charge < -0.3 is 0 Å². The number of aryl methyl sites for hydroxylation is 1. The molecule has 2 fully saturated rings. The van der Waals surface area contributed by atoms with E-state index in [0.29, 0.717) is 12.0 Å². The average molecular weight is 411 g/mol. The number of hydrogen-bond acceptors (Lipinski definition) is 2. The average Bonchev–Trinajstić information content (AvgIpc) is 3.24. The molecule has 0 amide bonds. The molecule has 2 saturated heterocycles. The second-order valence-electron chi connectivity index (χ2n) is 9.49. The Kier molecular flexibility index (Phi) is 6.20. The zero-order chi connectivity index (χ0) is 21.0. The molecule has 160 valence electrons. The fourth-order valence-electron chi connectivity index (χ4n) is 5.72. The summed E-state index contributed by atoms with van der Waals surface area (Å²) in [5, 5.41) is 0. The van der Waals surface area contributed by atoms with Gasteiger partial charge in [-0.05, 0) is 55.5 Å². The highest BCUT2D eigenvalue weighted by atomic mass is 15.3. The second-order valence-corrected chi connectivity index (χ2v) is 9.49. The van der Waals surface area contributed by atoms with Crippen molar-refractivity contribution in [2.75, 3.05) is 26.2 Å². The van der Waals surface area contributed by atoms with Crippen molar-refractivity contribution in [3.8, 4) is 0 Å². The maximum absolute atomic E-state index is 2.80. The van der Waals surface area contributed by atoms with Gasteiger partial charge in [0.2, 0.25) is 0 Å².